The lowest BCUT2D eigenvalue weighted by Gasteiger charge is -2.12. The highest BCUT2D eigenvalue weighted by molar-refractivity contribution is 6.29. The first kappa shape index (κ1) is 12.1. The molecular weight excluding hydrogens is 216 g/mol. The van der Waals surface area contributed by atoms with Crippen LogP contribution in [0.1, 0.15) is 24.4 Å². The minimum Gasteiger partial charge on any atom is -0.440 e. The van der Waals surface area contributed by atoms with Crippen LogP contribution in [0.4, 0.5) is 0 Å². The zero-order chi connectivity index (χ0) is 11.3. The maximum atomic E-state index is 11.5. The Kier molecular flexibility index (Phi) is 4.65. The van der Waals surface area contributed by atoms with Crippen LogP contribution in [0.5, 0.6) is 0 Å². The van der Waals surface area contributed by atoms with Crippen LogP contribution in [0.25, 0.3) is 0 Å². The third-order valence-electron chi connectivity index (χ3n) is 1.92. The lowest BCUT2D eigenvalue weighted by molar-refractivity contribution is 0.0922. The summed E-state index contributed by atoms with van der Waals surface area (Å²) in [7, 11) is 0. The van der Waals surface area contributed by atoms with Gasteiger partial charge in [-0.15, -0.1) is 0 Å². The van der Waals surface area contributed by atoms with E-state index in [0.29, 0.717) is 6.54 Å². The van der Waals surface area contributed by atoms with Crippen molar-refractivity contribution in [1.82, 2.24) is 10.6 Å². The van der Waals surface area contributed by atoms with Gasteiger partial charge in [0.1, 0.15) is 0 Å². The molecule has 1 aromatic heterocycles. The molecule has 15 heavy (non-hydrogen) atoms. The Bertz CT molecular complexity index is 325. The second-order valence-corrected chi connectivity index (χ2v) is 3.65. The number of amides is 1. The predicted molar refractivity (Wildman–Crippen MR) is 59.2 cm³/mol. The molecule has 0 spiro atoms. The quantitative estimate of drug-likeness (QED) is 0.809. The molecule has 0 saturated heterocycles. The summed E-state index contributed by atoms with van der Waals surface area (Å²) in [6.45, 7) is 5.46. The molecule has 1 aromatic rings. The highest BCUT2D eigenvalue weighted by Crippen LogP contribution is 2.12. The molecule has 2 N–H and O–H groups in total. The van der Waals surface area contributed by atoms with Gasteiger partial charge < -0.3 is 15.1 Å². The van der Waals surface area contributed by atoms with Gasteiger partial charge in [-0.2, -0.15) is 0 Å². The van der Waals surface area contributed by atoms with E-state index in [1.165, 1.54) is 0 Å². The predicted octanol–water partition coefficient (Wildman–Crippen LogP) is 1.66. The fraction of sp³-hybridized carbons (Fsp3) is 0.500. The molecule has 0 fully saturated rings. The van der Waals surface area contributed by atoms with Gasteiger partial charge in [0.05, 0.1) is 0 Å². The van der Waals surface area contributed by atoms with Gasteiger partial charge in [-0.3, -0.25) is 4.79 Å². The van der Waals surface area contributed by atoms with Gasteiger partial charge >= 0.3 is 0 Å². The zero-order valence-electron chi connectivity index (χ0n) is 8.84. The van der Waals surface area contributed by atoms with Crippen LogP contribution in [-0.4, -0.2) is 25.0 Å². The van der Waals surface area contributed by atoms with E-state index in [2.05, 4.69) is 10.6 Å². The van der Waals surface area contributed by atoms with E-state index in [-0.39, 0.29) is 22.9 Å². The normalized spacial score (nSPS) is 12.5. The lowest BCUT2D eigenvalue weighted by atomic mass is 10.3. The van der Waals surface area contributed by atoms with Crippen molar-refractivity contribution in [3.8, 4) is 0 Å². The van der Waals surface area contributed by atoms with E-state index in [4.69, 9.17) is 16.0 Å². The van der Waals surface area contributed by atoms with Gasteiger partial charge in [0.2, 0.25) is 0 Å². The van der Waals surface area contributed by atoms with Gasteiger partial charge in [-0.1, -0.05) is 6.92 Å². The molecule has 0 saturated carbocycles. The summed E-state index contributed by atoms with van der Waals surface area (Å²) < 4.78 is 4.97. The third kappa shape index (κ3) is 3.93. The molecule has 0 radical (unpaired) electrons. The van der Waals surface area contributed by atoms with E-state index in [1.54, 1.807) is 12.1 Å². The summed E-state index contributed by atoms with van der Waals surface area (Å²) in [5.41, 5.74) is 0. The maximum Gasteiger partial charge on any atom is 0.287 e. The Balaban J connectivity index is 2.36. The van der Waals surface area contributed by atoms with Crippen LogP contribution in [0.15, 0.2) is 16.5 Å². The van der Waals surface area contributed by atoms with E-state index >= 15 is 0 Å². The number of carbonyl (C=O) groups is 1. The molecular formula is C10H15ClN2O2. The molecule has 84 valence electrons. The van der Waals surface area contributed by atoms with Crippen molar-refractivity contribution < 1.29 is 9.21 Å². The van der Waals surface area contributed by atoms with E-state index in [0.717, 1.165) is 6.54 Å². The summed E-state index contributed by atoms with van der Waals surface area (Å²) in [4.78, 5) is 11.5. The highest BCUT2D eigenvalue weighted by Gasteiger charge is 2.10. The van der Waals surface area contributed by atoms with Gasteiger partial charge in [-0.05, 0) is 37.2 Å². The van der Waals surface area contributed by atoms with Crippen LogP contribution in [0.2, 0.25) is 5.22 Å². The number of carbonyl (C=O) groups excluding carboxylic acids is 1. The van der Waals surface area contributed by atoms with Crippen molar-refractivity contribution in [2.75, 3.05) is 13.1 Å². The molecule has 0 aromatic carbocycles. The second-order valence-electron chi connectivity index (χ2n) is 3.27. The molecule has 1 heterocycles. The summed E-state index contributed by atoms with van der Waals surface area (Å²) in [5.74, 6) is -0.00430. The summed E-state index contributed by atoms with van der Waals surface area (Å²) in [5, 5.41) is 6.15. The standard InChI is InChI=1S/C10H15ClN2O2/c1-3-12-7(2)6-13-10(14)8-4-5-9(11)15-8/h4-5,7,12H,3,6H2,1-2H3,(H,13,14)/t7-/m1/s1. The molecule has 1 amide bonds. The first-order valence-corrected chi connectivity index (χ1v) is 5.28. The minimum absolute atomic E-state index is 0.222. The van der Waals surface area contributed by atoms with Gasteiger partial charge in [-0.25, -0.2) is 0 Å². The smallest absolute Gasteiger partial charge is 0.287 e. The van der Waals surface area contributed by atoms with Crippen LogP contribution in [0.3, 0.4) is 0 Å². The number of likely N-dealkylation sites (N-methyl/N-ethyl adjacent to an activating group) is 1. The number of halogens is 1. The molecule has 0 aliphatic rings. The molecule has 0 unspecified atom stereocenters. The Labute approximate surface area is 94.0 Å². The fourth-order valence-electron chi connectivity index (χ4n) is 1.19. The van der Waals surface area contributed by atoms with Gasteiger partial charge in [0.25, 0.3) is 5.91 Å². The average Bonchev–Trinajstić information content (AvgIpc) is 2.62. The highest BCUT2D eigenvalue weighted by atomic mass is 35.5. The van der Waals surface area contributed by atoms with Gasteiger partial charge in [0, 0.05) is 12.6 Å². The van der Waals surface area contributed by atoms with Crippen molar-refractivity contribution in [2.45, 2.75) is 19.9 Å². The van der Waals surface area contributed by atoms with Crippen LogP contribution < -0.4 is 10.6 Å². The summed E-state index contributed by atoms with van der Waals surface area (Å²) >= 11 is 5.56. The Morgan fingerprint density at radius 2 is 2.33 bits per heavy atom. The van der Waals surface area contributed by atoms with Crippen LogP contribution in [-0.2, 0) is 0 Å². The lowest BCUT2D eigenvalue weighted by Crippen LogP contribution is -2.38. The molecule has 4 nitrogen and oxygen atoms in total. The minimum atomic E-state index is -0.244. The largest absolute Gasteiger partial charge is 0.440 e. The number of nitrogens with one attached hydrogen (secondary N) is 2. The van der Waals surface area contributed by atoms with Crippen molar-refractivity contribution >= 4 is 17.5 Å². The third-order valence-corrected chi connectivity index (χ3v) is 2.12. The van der Waals surface area contributed by atoms with Crippen LogP contribution in [0, 0.1) is 0 Å². The second kappa shape index (κ2) is 5.78. The van der Waals surface area contributed by atoms with Crippen molar-refractivity contribution in [1.29, 1.82) is 0 Å². The van der Waals surface area contributed by atoms with Crippen molar-refractivity contribution in [3.63, 3.8) is 0 Å². The number of rotatable bonds is 5. The first-order valence-electron chi connectivity index (χ1n) is 4.90. The number of furan rings is 1. The number of hydrogen-bond donors (Lipinski definition) is 2. The molecule has 0 bridgehead atoms. The molecule has 1 atom stereocenters. The fourth-order valence-corrected chi connectivity index (χ4v) is 1.34. The molecule has 0 aliphatic carbocycles. The van der Waals surface area contributed by atoms with Gasteiger partial charge in [0.15, 0.2) is 11.0 Å². The topological polar surface area (TPSA) is 54.3 Å². The van der Waals surface area contributed by atoms with E-state index in [9.17, 15) is 4.79 Å². The number of hydrogen-bond acceptors (Lipinski definition) is 3. The average molecular weight is 231 g/mol. The van der Waals surface area contributed by atoms with E-state index in [1.807, 2.05) is 13.8 Å². The monoisotopic (exact) mass is 230 g/mol. The Morgan fingerprint density at radius 1 is 1.60 bits per heavy atom. The van der Waals surface area contributed by atoms with Crippen molar-refractivity contribution in [3.05, 3.63) is 23.1 Å². The molecule has 1 rings (SSSR count). The molecule has 5 heteroatoms. The SMILES string of the molecule is CCN[C@H](C)CNC(=O)c1ccc(Cl)o1. The first-order chi connectivity index (χ1) is 7.13. The Hall–Kier alpha value is -1.00. The zero-order valence-corrected chi connectivity index (χ0v) is 9.60. The Morgan fingerprint density at radius 3 is 2.87 bits per heavy atom. The summed E-state index contributed by atoms with van der Waals surface area (Å²) in [6, 6.07) is 3.34. The summed E-state index contributed by atoms with van der Waals surface area (Å²) in [6.07, 6.45) is 0. The van der Waals surface area contributed by atoms with Crippen molar-refractivity contribution in [2.24, 2.45) is 0 Å². The molecule has 0 aliphatic heterocycles. The van der Waals surface area contributed by atoms with E-state index < -0.39 is 0 Å². The maximum absolute atomic E-state index is 11.5. The van der Waals surface area contributed by atoms with Crippen LogP contribution >= 0.6 is 11.6 Å².